The topological polar surface area (TPSA) is 69.8 Å². The van der Waals surface area contributed by atoms with E-state index < -0.39 is 35.4 Å². The summed E-state index contributed by atoms with van der Waals surface area (Å²) in [4.78, 5) is 33.0. The number of thiazole rings is 1. The quantitative estimate of drug-likeness (QED) is 0.458. The van der Waals surface area contributed by atoms with Crippen LogP contribution >= 0.6 is 23.1 Å². The van der Waals surface area contributed by atoms with Gasteiger partial charge in [-0.05, 0) is 11.8 Å². The van der Waals surface area contributed by atoms with Crippen molar-refractivity contribution >= 4 is 23.1 Å². The third-order valence-corrected chi connectivity index (χ3v) is 5.10. The number of nitrogens with zero attached hydrogens (tertiary/aromatic N) is 4. The van der Waals surface area contributed by atoms with Crippen molar-refractivity contribution in [2.24, 2.45) is 0 Å². The molecule has 1 aromatic carbocycles. The number of hydrogen-bond donors (Lipinski definition) is 0. The van der Waals surface area contributed by atoms with Gasteiger partial charge in [0.1, 0.15) is 5.82 Å². The van der Waals surface area contributed by atoms with E-state index in [-0.39, 0.29) is 17.3 Å². The zero-order valence-electron chi connectivity index (χ0n) is 14.0. The number of aromatic nitrogens is 4. The minimum atomic E-state index is -1.32. The Hall–Kier alpha value is -2.40. The molecule has 0 aliphatic carbocycles. The van der Waals surface area contributed by atoms with Gasteiger partial charge in [-0.15, -0.1) is 11.3 Å². The maximum Gasteiger partial charge on any atom is 0.354 e. The summed E-state index contributed by atoms with van der Waals surface area (Å²) in [6, 6.07) is 1.11. The highest BCUT2D eigenvalue weighted by Crippen LogP contribution is 2.17. The molecule has 2 heterocycles. The van der Waals surface area contributed by atoms with Crippen LogP contribution in [0.25, 0.3) is 0 Å². The van der Waals surface area contributed by atoms with E-state index in [1.54, 1.807) is 17.8 Å². The van der Waals surface area contributed by atoms with Crippen molar-refractivity contribution in [3.63, 3.8) is 0 Å². The van der Waals surface area contributed by atoms with Crippen LogP contribution in [0, 0.1) is 17.5 Å². The second-order valence-corrected chi connectivity index (χ2v) is 7.35. The third kappa shape index (κ3) is 4.14. The van der Waals surface area contributed by atoms with E-state index >= 15 is 0 Å². The summed E-state index contributed by atoms with van der Waals surface area (Å²) in [6.07, 6.45) is 0. The first-order valence-corrected chi connectivity index (χ1v) is 9.68. The first kappa shape index (κ1) is 19.4. The summed E-state index contributed by atoms with van der Waals surface area (Å²) in [6.45, 7) is 1.31. The molecular formula is C16H13F3N4O2S2. The summed E-state index contributed by atoms with van der Waals surface area (Å²) in [5.41, 5.74) is 0.343. The van der Waals surface area contributed by atoms with Gasteiger partial charge in [0.25, 0.3) is 0 Å². The van der Waals surface area contributed by atoms with E-state index in [1.807, 2.05) is 0 Å². The highest BCUT2D eigenvalue weighted by atomic mass is 32.2. The van der Waals surface area contributed by atoms with Gasteiger partial charge >= 0.3 is 11.4 Å². The third-order valence-electron chi connectivity index (χ3n) is 3.61. The SMILES string of the molecule is CCSc1nc(=O)n(Cc2cscn2)c(=O)n1Cc1cc(F)c(F)cc1F. The molecule has 3 rings (SSSR count). The molecule has 0 aliphatic heterocycles. The average Bonchev–Trinajstić information content (AvgIpc) is 3.13. The van der Waals surface area contributed by atoms with Gasteiger partial charge in [-0.1, -0.05) is 18.7 Å². The Kier molecular flexibility index (Phi) is 5.80. The second-order valence-electron chi connectivity index (χ2n) is 5.40. The lowest BCUT2D eigenvalue weighted by Gasteiger charge is -2.14. The maximum absolute atomic E-state index is 14.0. The minimum absolute atomic E-state index is 0.0751. The van der Waals surface area contributed by atoms with Crippen LogP contribution in [0.15, 0.2) is 37.8 Å². The van der Waals surface area contributed by atoms with Crippen molar-refractivity contribution < 1.29 is 13.2 Å². The summed E-state index contributed by atoms with van der Waals surface area (Å²) < 4.78 is 42.6. The van der Waals surface area contributed by atoms with Crippen LogP contribution in [0.2, 0.25) is 0 Å². The van der Waals surface area contributed by atoms with Crippen molar-refractivity contribution in [1.82, 2.24) is 19.1 Å². The van der Waals surface area contributed by atoms with Crippen molar-refractivity contribution in [2.75, 3.05) is 5.75 Å². The van der Waals surface area contributed by atoms with Gasteiger partial charge in [0.15, 0.2) is 16.8 Å². The van der Waals surface area contributed by atoms with Gasteiger partial charge in [-0.3, -0.25) is 4.57 Å². The van der Waals surface area contributed by atoms with Gasteiger partial charge < -0.3 is 0 Å². The average molecular weight is 414 g/mol. The van der Waals surface area contributed by atoms with Gasteiger partial charge in [-0.25, -0.2) is 32.3 Å². The highest BCUT2D eigenvalue weighted by Gasteiger charge is 2.17. The Balaban J connectivity index is 2.11. The van der Waals surface area contributed by atoms with Crippen molar-refractivity contribution in [3.8, 4) is 0 Å². The van der Waals surface area contributed by atoms with Gasteiger partial charge in [0.05, 0.1) is 24.3 Å². The monoisotopic (exact) mass is 414 g/mol. The fraction of sp³-hybridized carbons (Fsp3) is 0.250. The number of benzene rings is 1. The molecule has 0 fully saturated rings. The maximum atomic E-state index is 14.0. The van der Waals surface area contributed by atoms with E-state index in [0.29, 0.717) is 23.6 Å². The molecule has 0 saturated carbocycles. The molecular weight excluding hydrogens is 401 g/mol. The van der Waals surface area contributed by atoms with E-state index in [0.717, 1.165) is 20.9 Å². The summed E-state index contributed by atoms with van der Waals surface area (Å²) in [5.74, 6) is -3.04. The normalized spacial score (nSPS) is 11.1. The predicted octanol–water partition coefficient (Wildman–Crippen LogP) is 2.49. The number of thioether (sulfide) groups is 1. The number of halogens is 3. The molecule has 6 nitrogen and oxygen atoms in total. The van der Waals surface area contributed by atoms with Crippen LogP contribution in [0.4, 0.5) is 13.2 Å². The Morgan fingerprint density at radius 2 is 1.81 bits per heavy atom. The standard InChI is InChI=1S/C16H13F3N4O2S2/c1-2-27-15-21-14(24)22(6-10-7-26-8-20-10)16(25)23(15)5-9-3-12(18)13(19)4-11(9)17/h3-4,7-8H,2,5-6H2,1H3. The van der Waals surface area contributed by atoms with Crippen LogP contribution in [0.1, 0.15) is 18.2 Å². The van der Waals surface area contributed by atoms with Crippen molar-refractivity contribution in [3.05, 3.63) is 72.7 Å². The van der Waals surface area contributed by atoms with Gasteiger partial charge in [0.2, 0.25) is 0 Å². The molecule has 11 heteroatoms. The zero-order chi connectivity index (χ0) is 19.6. The number of hydrogen-bond acceptors (Lipinski definition) is 6. The lowest BCUT2D eigenvalue weighted by molar-refractivity contribution is 0.477. The Labute approximate surface area is 159 Å². The lowest BCUT2D eigenvalue weighted by Crippen LogP contribution is -2.43. The van der Waals surface area contributed by atoms with Crippen LogP contribution in [-0.4, -0.2) is 24.9 Å². The molecule has 0 N–H and O–H groups in total. The first-order chi connectivity index (χ1) is 12.9. The Morgan fingerprint density at radius 3 is 2.48 bits per heavy atom. The second kappa shape index (κ2) is 8.09. The largest absolute Gasteiger partial charge is 0.354 e. The fourth-order valence-electron chi connectivity index (χ4n) is 2.35. The predicted molar refractivity (Wildman–Crippen MR) is 95.8 cm³/mol. The highest BCUT2D eigenvalue weighted by molar-refractivity contribution is 7.99. The summed E-state index contributed by atoms with van der Waals surface area (Å²) in [7, 11) is 0. The van der Waals surface area contributed by atoms with Crippen LogP contribution in [0.3, 0.4) is 0 Å². The molecule has 0 saturated heterocycles. The summed E-state index contributed by atoms with van der Waals surface area (Å²) >= 11 is 2.42. The molecule has 0 atom stereocenters. The first-order valence-electron chi connectivity index (χ1n) is 7.75. The number of rotatable bonds is 6. The zero-order valence-corrected chi connectivity index (χ0v) is 15.6. The molecule has 0 amide bonds. The molecule has 0 radical (unpaired) electrons. The van der Waals surface area contributed by atoms with Crippen molar-refractivity contribution in [2.45, 2.75) is 25.2 Å². The molecule has 0 bridgehead atoms. The lowest BCUT2D eigenvalue weighted by atomic mass is 10.2. The van der Waals surface area contributed by atoms with E-state index in [1.165, 1.54) is 11.3 Å². The van der Waals surface area contributed by atoms with Crippen LogP contribution in [0.5, 0.6) is 0 Å². The fourth-order valence-corrected chi connectivity index (χ4v) is 3.60. The van der Waals surface area contributed by atoms with Crippen molar-refractivity contribution in [1.29, 1.82) is 0 Å². The van der Waals surface area contributed by atoms with Crippen LogP contribution in [-0.2, 0) is 13.1 Å². The molecule has 0 spiro atoms. The molecule has 142 valence electrons. The molecule has 3 aromatic rings. The van der Waals surface area contributed by atoms with Gasteiger partial charge in [0, 0.05) is 17.0 Å². The Morgan fingerprint density at radius 1 is 1.07 bits per heavy atom. The molecule has 2 aromatic heterocycles. The smallest absolute Gasteiger partial charge is 0.268 e. The van der Waals surface area contributed by atoms with E-state index in [9.17, 15) is 22.8 Å². The summed E-state index contributed by atoms with van der Waals surface area (Å²) in [5, 5.41) is 1.76. The van der Waals surface area contributed by atoms with E-state index in [4.69, 9.17) is 0 Å². The molecule has 0 unspecified atom stereocenters. The Bertz CT molecular complexity index is 1080. The molecule has 0 aliphatic rings. The van der Waals surface area contributed by atoms with Crippen LogP contribution < -0.4 is 11.4 Å². The van der Waals surface area contributed by atoms with Gasteiger partial charge in [-0.2, -0.15) is 4.98 Å². The van der Waals surface area contributed by atoms with E-state index in [2.05, 4.69) is 9.97 Å². The minimum Gasteiger partial charge on any atom is -0.268 e. The molecule has 27 heavy (non-hydrogen) atoms.